The van der Waals surface area contributed by atoms with Crippen molar-refractivity contribution in [1.82, 2.24) is 5.06 Å². The number of hydroxylamine groups is 2. The molecule has 0 bridgehead atoms. The van der Waals surface area contributed by atoms with E-state index in [4.69, 9.17) is 5.73 Å². The molecule has 1 aliphatic carbocycles. The Morgan fingerprint density at radius 2 is 2.00 bits per heavy atom. The number of rotatable bonds is 4. The highest BCUT2D eigenvalue weighted by Crippen LogP contribution is 2.44. The molecular weight excluding hydrogens is 216 g/mol. The zero-order valence-electron chi connectivity index (χ0n) is 9.80. The summed E-state index contributed by atoms with van der Waals surface area (Å²) >= 11 is 0. The predicted molar refractivity (Wildman–Crippen MR) is 64.5 cm³/mol. The van der Waals surface area contributed by atoms with E-state index in [9.17, 15) is 10.0 Å². The Balaban J connectivity index is 2.03. The summed E-state index contributed by atoms with van der Waals surface area (Å²) in [6.45, 7) is 0.331. The molecule has 0 unspecified atom stereocenters. The molecule has 1 aromatic carbocycles. The minimum atomic E-state index is -0.774. The minimum absolute atomic E-state index is 0.00509. The summed E-state index contributed by atoms with van der Waals surface area (Å²) in [4.78, 5) is 10.9. The lowest BCUT2D eigenvalue weighted by molar-refractivity contribution is -0.0858. The molecule has 0 spiro atoms. The quantitative estimate of drug-likeness (QED) is 0.619. The lowest BCUT2D eigenvalue weighted by Gasteiger charge is -2.43. The summed E-state index contributed by atoms with van der Waals surface area (Å²) in [6, 6.07) is 9.37. The van der Waals surface area contributed by atoms with Crippen molar-refractivity contribution in [3.63, 3.8) is 0 Å². The van der Waals surface area contributed by atoms with Gasteiger partial charge in [-0.3, -0.25) is 5.21 Å². The number of hydrogen-bond donors (Lipinski definition) is 2. The number of benzene rings is 1. The molecule has 1 aromatic rings. The Bertz CT molecular complexity index is 388. The van der Waals surface area contributed by atoms with Crippen LogP contribution in [0.25, 0.3) is 0 Å². The lowest BCUT2D eigenvalue weighted by atomic mass is 9.65. The molecular formula is C13H18N2O2. The van der Waals surface area contributed by atoms with E-state index in [0.717, 1.165) is 25.7 Å². The zero-order chi connectivity index (χ0) is 12.3. The summed E-state index contributed by atoms with van der Waals surface area (Å²) in [6.07, 6.45) is 4.11. The summed E-state index contributed by atoms with van der Waals surface area (Å²) in [5, 5.41) is 10.1. The number of urea groups is 1. The third-order valence-corrected chi connectivity index (χ3v) is 3.58. The number of carbonyl (C=O) groups is 1. The van der Waals surface area contributed by atoms with Crippen LogP contribution in [0.15, 0.2) is 30.3 Å². The first kappa shape index (κ1) is 11.9. The van der Waals surface area contributed by atoms with Crippen LogP contribution in [0.1, 0.15) is 24.8 Å². The molecule has 2 rings (SSSR count). The SMILES string of the molecule is NC(=O)N(O)CC1(Cc2ccccc2)CCC1. The van der Waals surface area contributed by atoms with Gasteiger partial charge in [-0.05, 0) is 30.2 Å². The van der Waals surface area contributed by atoms with Gasteiger partial charge in [-0.1, -0.05) is 36.8 Å². The van der Waals surface area contributed by atoms with Gasteiger partial charge >= 0.3 is 6.03 Å². The van der Waals surface area contributed by atoms with Crippen LogP contribution in [0.5, 0.6) is 0 Å². The summed E-state index contributed by atoms with van der Waals surface area (Å²) in [5.74, 6) is 0. The van der Waals surface area contributed by atoms with E-state index < -0.39 is 6.03 Å². The number of nitrogens with zero attached hydrogens (tertiary/aromatic N) is 1. The fourth-order valence-corrected chi connectivity index (χ4v) is 2.49. The minimum Gasteiger partial charge on any atom is -0.350 e. The van der Waals surface area contributed by atoms with E-state index in [1.54, 1.807) is 0 Å². The highest BCUT2D eigenvalue weighted by Gasteiger charge is 2.39. The highest BCUT2D eigenvalue weighted by atomic mass is 16.5. The van der Waals surface area contributed by atoms with Gasteiger partial charge in [0.05, 0.1) is 6.54 Å². The molecule has 0 aromatic heterocycles. The smallest absolute Gasteiger partial charge is 0.338 e. The molecule has 4 heteroatoms. The van der Waals surface area contributed by atoms with E-state index >= 15 is 0 Å². The normalized spacial score (nSPS) is 17.2. The van der Waals surface area contributed by atoms with Gasteiger partial charge in [0.1, 0.15) is 0 Å². The van der Waals surface area contributed by atoms with Gasteiger partial charge in [0.25, 0.3) is 0 Å². The van der Waals surface area contributed by atoms with Crippen molar-refractivity contribution in [1.29, 1.82) is 0 Å². The molecule has 2 amide bonds. The van der Waals surface area contributed by atoms with Crippen LogP contribution in [-0.2, 0) is 6.42 Å². The first-order valence-corrected chi connectivity index (χ1v) is 5.91. The summed E-state index contributed by atoms with van der Waals surface area (Å²) in [5.41, 5.74) is 6.30. The van der Waals surface area contributed by atoms with Gasteiger partial charge in [0.15, 0.2) is 0 Å². The van der Waals surface area contributed by atoms with Crippen molar-refractivity contribution in [2.24, 2.45) is 11.1 Å². The Kier molecular flexibility index (Phi) is 3.33. The molecule has 0 atom stereocenters. The predicted octanol–water partition coefficient (Wildman–Crippen LogP) is 2.17. The standard InChI is InChI=1S/C13H18N2O2/c14-12(16)15(17)10-13(7-4-8-13)9-11-5-2-1-3-6-11/h1-3,5-6,17H,4,7-10H2,(H2,14,16). The molecule has 1 saturated carbocycles. The van der Waals surface area contributed by atoms with Crippen molar-refractivity contribution in [3.05, 3.63) is 35.9 Å². The van der Waals surface area contributed by atoms with Gasteiger partial charge in [0.2, 0.25) is 0 Å². The van der Waals surface area contributed by atoms with Crippen molar-refractivity contribution < 1.29 is 10.0 Å². The first-order valence-electron chi connectivity index (χ1n) is 5.91. The third-order valence-electron chi connectivity index (χ3n) is 3.58. The number of hydrogen-bond acceptors (Lipinski definition) is 2. The average molecular weight is 234 g/mol. The van der Waals surface area contributed by atoms with Gasteiger partial charge in [-0.15, -0.1) is 0 Å². The molecule has 3 N–H and O–H groups in total. The Morgan fingerprint density at radius 1 is 1.35 bits per heavy atom. The average Bonchev–Trinajstić information content (AvgIpc) is 2.27. The summed E-state index contributed by atoms with van der Waals surface area (Å²) in [7, 11) is 0. The monoisotopic (exact) mass is 234 g/mol. The van der Waals surface area contributed by atoms with Crippen molar-refractivity contribution >= 4 is 6.03 Å². The van der Waals surface area contributed by atoms with E-state index in [-0.39, 0.29) is 5.41 Å². The van der Waals surface area contributed by atoms with Crippen LogP contribution in [0.3, 0.4) is 0 Å². The fourth-order valence-electron chi connectivity index (χ4n) is 2.49. The number of amides is 2. The highest BCUT2D eigenvalue weighted by molar-refractivity contribution is 5.70. The van der Waals surface area contributed by atoms with Gasteiger partial charge < -0.3 is 5.73 Å². The van der Waals surface area contributed by atoms with E-state index in [2.05, 4.69) is 12.1 Å². The molecule has 92 valence electrons. The number of nitrogens with two attached hydrogens (primary N) is 1. The van der Waals surface area contributed by atoms with Crippen molar-refractivity contribution in [2.45, 2.75) is 25.7 Å². The molecule has 0 saturated heterocycles. The van der Waals surface area contributed by atoms with Crippen LogP contribution in [-0.4, -0.2) is 22.8 Å². The topological polar surface area (TPSA) is 66.6 Å². The van der Waals surface area contributed by atoms with Crippen molar-refractivity contribution in [3.8, 4) is 0 Å². The largest absolute Gasteiger partial charge is 0.350 e. The zero-order valence-corrected chi connectivity index (χ0v) is 9.80. The number of primary amides is 1. The molecule has 1 fully saturated rings. The summed E-state index contributed by atoms with van der Waals surface area (Å²) < 4.78 is 0. The van der Waals surface area contributed by atoms with Crippen LogP contribution in [0.2, 0.25) is 0 Å². The molecule has 0 radical (unpaired) electrons. The molecule has 17 heavy (non-hydrogen) atoms. The molecule has 1 aliphatic rings. The van der Waals surface area contributed by atoms with E-state index in [0.29, 0.717) is 11.6 Å². The maximum absolute atomic E-state index is 10.9. The second kappa shape index (κ2) is 4.75. The Hall–Kier alpha value is -1.55. The van der Waals surface area contributed by atoms with Gasteiger partial charge in [-0.2, -0.15) is 0 Å². The molecule has 0 aliphatic heterocycles. The van der Waals surface area contributed by atoms with Crippen LogP contribution in [0, 0.1) is 5.41 Å². The van der Waals surface area contributed by atoms with E-state index in [1.807, 2.05) is 18.2 Å². The molecule has 0 heterocycles. The van der Waals surface area contributed by atoms with E-state index in [1.165, 1.54) is 5.56 Å². The fraction of sp³-hybridized carbons (Fsp3) is 0.462. The van der Waals surface area contributed by atoms with Gasteiger partial charge in [0, 0.05) is 0 Å². The lowest BCUT2D eigenvalue weighted by Crippen LogP contribution is -2.46. The van der Waals surface area contributed by atoms with Gasteiger partial charge in [-0.25, -0.2) is 9.86 Å². The second-order valence-corrected chi connectivity index (χ2v) is 4.91. The maximum Gasteiger partial charge on any atom is 0.338 e. The Morgan fingerprint density at radius 3 is 2.47 bits per heavy atom. The van der Waals surface area contributed by atoms with Crippen molar-refractivity contribution in [2.75, 3.05) is 6.54 Å². The first-order chi connectivity index (χ1) is 8.11. The van der Waals surface area contributed by atoms with Crippen LogP contribution < -0.4 is 5.73 Å². The Labute approximate surface area is 101 Å². The number of carbonyl (C=O) groups excluding carboxylic acids is 1. The second-order valence-electron chi connectivity index (χ2n) is 4.91. The third kappa shape index (κ3) is 2.77. The maximum atomic E-state index is 10.9. The van der Waals surface area contributed by atoms with Crippen LogP contribution >= 0.6 is 0 Å². The van der Waals surface area contributed by atoms with Crippen LogP contribution in [0.4, 0.5) is 4.79 Å². The molecule has 4 nitrogen and oxygen atoms in total.